The van der Waals surface area contributed by atoms with Gasteiger partial charge in [0, 0.05) is 25.7 Å². The van der Waals surface area contributed by atoms with Crippen molar-refractivity contribution in [2.24, 2.45) is 10.9 Å². The number of alkyl halides is 2. The number of nitrogens with zero attached hydrogens (tertiary/aromatic N) is 2. The van der Waals surface area contributed by atoms with Gasteiger partial charge in [-0.1, -0.05) is 19.1 Å². The van der Waals surface area contributed by atoms with Gasteiger partial charge in [-0.3, -0.25) is 9.89 Å². The first-order valence-corrected chi connectivity index (χ1v) is 10.4. The van der Waals surface area contributed by atoms with Crippen LogP contribution < -0.4 is 15.4 Å². The normalized spacial score (nSPS) is 20.4. The van der Waals surface area contributed by atoms with Gasteiger partial charge in [0.25, 0.3) is 0 Å². The maximum absolute atomic E-state index is 12.2. The Balaban J connectivity index is 1.86. The molecule has 1 aromatic carbocycles. The highest BCUT2D eigenvalue weighted by atomic mass is 19.3. The van der Waals surface area contributed by atoms with Gasteiger partial charge in [0.2, 0.25) is 0 Å². The third-order valence-corrected chi connectivity index (χ3v) is 5.12. The minimum atomic E-state index is -2.86. The summed E-state index contributed by atoms with van der Waals surface area (Å²) < 4.78 is 28.8. The van der Waals surface area contributed by atoms with Gasteiger partial charge in [-0.05, 0) is 56.8 Å². The molecular weight excluding hydrogens is 378 g/mol. The van der Waals surface area contributed by atoms with Crippen molar-refractivity contribution < 1.29 is 18.6 Å². The number of ether oxygens (including phenoxy) is 1. The molecule has 1 fully saturated rings. The largest absolute Gasteiger partial charge is 0.435 e. The topological polar surface area (TPSA) is 69.1 Å². The van der Waals surface area contributed by atoms with Gasteiger partial charge in [-0.25, -0.2) is 0 Å². The molecule has 164 valence electrons. The average Bonchev–Trinajstić information content (AvgIpc) is 2.69. The van der Waals surface area contributed by atoms with Crippen molar-refractivity contribution in [2.45, 2.75) is 52.4 Å². The zero-order chi connectivity index (χ0) is 21.2. The molecule has 1 aromatic rings. The molecule has 0 bridgehead atoms. The number of nitrogens with one attached hydrogen (secondary N) is 2. The van der Waals surface area contributed by atoms with Crippen LogP contribution in [0.1, 0.15) is 45.3 Å². The van der Waals surface area contributed by atoms with E-state index in [0.29, 0.717) is 24.1 Å². The number of benzene rings is 1. The summed E-state index contributed by atoms with van der Waals surface area (Å²) in [6.07, 6.45) is 1.74. The lowest BCUT2D eigenvalue weighted by Gasteiger charge is -2.35. The summed E-state index contributed by atoms with van der Waals surface area (Å²) in [4.78, 5) is 7.15. The number of hydrogen-bond acceptors (Lipinski definition) is 4. The number of piperidine rings is 1. The van der Waals surface area contributed by atoms with E-state index in [4.69, 9.17) is 0 Å². The number of likely N-dealkylation sites (tertiary alicyclic amines) is 1. The quantitative estimate of drug-likeness (QED) is 0.430. The molecule has 0 amide bonds. The minimum absolute atomic E-state index is 0.0693. The van der Waals surface area contributed by atoms with Crippen LogP contribution in [0.4, 0.5) is 8.78 Å². The zero-order valence-electron chi connectivity index (χ0n) is 17.6. The van der Waals surface area contributed by atoms with E-state index in [1.807, 2.05) is 6.92 Å². The number of aliphatic hydroxyl groups is 1. The lowest BCUT2D eigenvalue weighted by Crippen LogP contribution is -2.44. The third kappa shape index (κ3) is 8.14. The number of halogens is 2. The van der Waals surface area contributed by atoms with E-state index in [1.165, 1.54) is 25.0 Å². The molecule has 0 radical (unpaired) electrons. The van der Waals surface area contributed by atoms with Gasteiger partial charge < -0.3 is 20.5 Å². The molecule has 3 N–H and O–H groups in total. The predicted molar refractivity (Wildman–Crippen MR) is 111 cm³/mol. The Morgan fingerprint density at radius 1 is 1.31 bits per heavy atom. The monoisotopic (exact) mass is 412 g/mol. The van der Waals surface area contributed by atoms with Gasteiger partial charge in [0.15, 0.2) is 5.96 Å². The Labute approximate surface area is 172 Å². The highest BCUT2D eigenvalue weighted by molar-refractivity contribution is 5.79. The fraction of sp³-hybridized carbons (Fsp3) is 0.667. The first-order chi connectivity index (χ1) is 13.9. The van der Waals surface area contributed by atoms with Crippen molar-refractivity contribution in [2.75, 3.05) is 32.7 Å². The Hall–Kier alpha value is -1.93. The van der Waals surface area contributed by atoms with Gasteiger partial charge in [0.05, 0.1) is 12.6 Å². The van der Waals surface area contributed by atoms with Crippen molar-refractivity contribution in [1.82, 2.24) is 15.5 Å². The fourth-order valence-electron chi connectivity index (χ4n) is 3.49. The van der Waals surface area contributed by atoms with Crippen molar-refractivity contribution in [1.29, 1.82) is 0 Å². The Bertz CT molecular complexity index is 628. The minimum Gasteiger partial charge on any atom is -0.435 e. The zero-order valence-corrected chi connectivity index (χ0v) is 17.6. The van der Waals surface area contributed by atoms with Crippen LogP contribution in [0.2, 0.25) is 0 Å². The van der Waals surface area contributed by atoms with E-state index in [-0.39, 0.29) is 12.3 Å². The summed E-state index contributed by atoms with van der Waals surface area (Å²) in [7, 11) is 0. The molecule has 0 aliphatic carbocycles. The number of hydrogen-bond donors (Lipinski definition) is 3. The SMILES string of the molecule is CCNC(=NCC(C)N1CCCC(C)C1)NCC(O)c1ccc(OC(F)F)cc1. The van der Waals surface area contributed by atoms with Crippen molar-refractivity contribution in [3.8, 4) is 5.75 Å². The molecule has 2 rings (SSSR count). The van der Waals surface area contributed by atoms with Crippen molar-refractivity contribution >= 4 is 5.96 Å². The maximum atomic E-state index is 12.2. The molecule has 1 aliphatic rings. The van der Waals surface area contributed by atoms with E-state index >= 15 is 0 Å². The Morgan fingerprint density at radius 2 is 2.03 bits per heavy atom. The van der Waals surface area contributed by atoms with Crippen molar-refractivity contribution in [3.63, 3.8) is 0 Å². The standard InChI is InChI=1S/C21H34F2N4O2/c1-4-24-21(25-12-16(3)27-11-5-6-15(2)14-27)26-13-19(28)17-7-9-18(10-8-17)29-20(22)23/h7-10,15-16,19-20,28H,4-6,11-14H2,1-3H3,(H2,24,25,26). The Kier molecular flexibility index (Phi) is 9.60. The van der Waals surface area contributed by atoms with E-state index in [0.717, 1.165) is 25.6 Å². The molecular formula is C21H34F2N4O2. The third-order valence-electron chi connectivity index (χ3n) is 5.12. The van der Waals surface area contributed by atoms with Crippen LogP contribution in [-0.2, 0) is 0 Å². The first kappa shape index (κ1) is 23.3. The van der Waals surface area contributed by atoms with E-state index < -0.39 is 12.7 Å². The maximum Gasteiger partial charge on any atom is 0.387 e. The number of aliphatic imine (C=N–C) groups is 1. The summed E-state index contributed by atoms with van der Waals surface area (Å²) in [5, 5.41) is 16.7. The van der Waals surface area contributed by atoms with Crippen LogP contribution in [0, 0.1) is 5.92 Å². The average molecular weight is 413 g/mol. The Morgan fingerprint density at radius 3 is 2.66 bits per heavy atom. The van der Waals surface area contributed by atoms with Gasteiger partial charge in [0.1, 0.15) is 5.75 Å². The second-order valence-corrected chi connectivity index (χ2v) is 7.66. The van der Waals surface area contributed by atoms with Gasteiger partial charge in [-0.2, -0.15) is 8.78 Å². The molecule has 8 heteroatoms. The highest BCUT2D eigenvalue weighted by Gasteiger charge is 2.20. The second kappa shape index (κ2) is 11.9. The van der Waals surface area contributed by atoms with Gasteiger partial charge >= 0.3 is 6.61 Å². The number of rotatable bonds is 9. The van der Waals surface area contributed by atoms with Crippen LogP contribution in [-0.4, -0.2) is 61.3 Å². The lowest BCUT2D eigenvalue weighted by atomic mass is 9.99. The van der Waals surface area contributed by atoms with Crippen molar-refractivity contribution in [3.05, 3.63) is 29.8 Å². The lowest BCUT2D eigenvalue weighted by molar-refractivity contribution is -0.0498. The number of guanidine groups is 1. The molecule has 1 heterocycles. The van der Waals surface area contributed by atoms with Crippen LogP contribution in [0.5, 0.6) is 5.75 Å². The molecule has 3 unspecified atom stereocenters. The summed E-state index contributed by atoms with van der Waals surface area (Å²) in [6.45, 7) is 7.52. The molecule has 6 nitrogen and oxygen atoms in total. The predicted octanol–water partition coefficient (Wildman–Crippen LogP) is 3.00. The second-order valence-electron chi connectivity index (χ2n) is 7.66. The van der Waals surface area contributed by atoms with Crippen LogP contribution in [0.15, 0.2) is 29.3 Å². The molecule has 29 heavy (non-hydrogen) atoms. The smallest absolute Gasteiger partial charge is 0.387 e. The summed E-state index contributed by atoms with van der Waals surface area (Å²) in [5.74, 6) is 1.45. The number of aliphatic hydroxyl groups excluding tert-OH is 1. The van der Waals surface area contributed by atoms with E-state index in [2.05, 4.69) is 39.1 Å². The molecule has 0 aromatic heterocycles. The van der Waals surface area contributed by atoms with Crippen LogP contribution in [0.3, 0.4) is 0 Å². The van der Waals surface area contributed by atoms with E-state index in [1.54, 1.807) is 12.1 Å². The molecule has 1 aliphatic heterocycles. The molecule has 0 saturated carbocycles. The van der Waals surface area contributed by atoms with Crippen LogP contribution >= 0.6 is 0 Å². The summed E-state index contributed by atoms with van der Waals surface area (Å²) in [6, 6.07) is 6.36. The van der Waals surface area contributed by atoms with Gasteiger partial charge in [-0.15, -0.1) is 0 Å². The summed E-state index contributed by atoms with van der Waals surface area (Å²) >= 11 is 0. The summed E-state index contributed by atoms with van der Waals surface area (Å²) in [5.41, 5.74) is 0.616. The molecule has 0 spiro atoms. The van der Waals surface area contributed by atoms with E-state index in [9.17, 15) is 13.9 Å². The van der Waals surface area contributed by atoms with Crippen LogP contribution in [0.25, 0.3) is 0 Å². The molecule has 1 saturated heterocycles. The fourth-order valence-corrected chi connectivity index (χ4v) is 3.49. The highest BCUT2D eigenvalue weighted by Crippen LogP contribution is 2.19. The first-order valence-electron chi connectivity index (χ1n) is 10.4. The molecule has 3 atom stereocenters.